The molecule has 0 unspecified atom stereocenters. The summed E-state index contributed by atoms with van der Waals surface area (Å²) in [7, 11) is 4.85. The van der Waals surface area contributed by atoms with E-state index in [1.165, 1.54) is 32.4 Å². The molecule has 1 aliphatic heterocycles. The molecular weight excluding hydrogens is 517 g/mol. The number of carbonyl (C=O) groups is 1. The van der Waals surface area contributed by atoms with Gasteiger partial charge in [0.15, 0.2) is 5.75 Å². The van der Waals surface area contributed by atoms with E-state index in [2.05, 4.69) is 25.5 Å². The fourth-order valence-electron chi connectivity index (χ4n) is 4.01. The smallest absolute Gasteiger partial charge is 0.423 e. The summed E-state index contributed by atoms with van der Waals surface area (Å²) in [6.45, 7) is 1.81. The number of likely N-dealkylation sites (tertiary alicyclic amines) is 1. The number of amides is 1. The quantitative estimate of drug-likeness (QED) is 0.352. The minimum absolute atomic E-state index is 0.0675. The van der Waals surface area contributed by atoms with Crippen LogP contribution in [0.2, 0.25) is 0 Å². The summed E-state index contributed by atoms with van der Waals surface area (Å²) < 4.78 is 57.0. The van der Waals surface area contributed by atoms with Gasteiger partial charge in [0.1, 0.15) is 17.1 Å². The standard InChI is InChI=1S/C26H29F3N6O4/c1-35-10-8-16(9-11-35)32-23(36)15-4-7-20(22(12-15)38-3)33-25-31-14-18(26(27,28)29)24(34-25)39-21-13-17(37-2)5-6-19(21)30/h4-7,12-14,16H,8-11,30H2,1-3H3,(H,32,36)(H,31,33,34). The van der Waals surface area contributed by atoms with E-state index in [-0.39, 0.29) is 35.1 Å². The second kappa shape index (κ2) is 11.6. The van der Waals surface area contributed by atoms with E-state index >= 15 is 0 Å². The fourth-order valence-corrected chi connectivity index (χ4v) is 4.01. The molecule has 1 saturated heterocycles. The van der Waals surface area contributed by atoms with Gasteiger partial charge in [0.2, 0.25) is 11.8 Å². The van der Waals surface area contributed by atoms with Crippen LogP contribution in [0.15, 0.2) is 42.6 Å². The van der Waals surface area contributed by atoms with Crippen LogP contribution in [-0.2, 0) is 6.18 Å². The van der Waals surface area contributed by atoms with Crippen LogP contribution in [0.3, 0.4) is 0 Å². The third-order valence-corrected chi connectivity index (χ3v) is 6.25. The number of anilines is 3. The lowest BCUT2D eigenvalue weighted by Gasteiger charge is -2.29. The number of nitrogens with zero attached hydrogens (tertiary/aromatic N) is 3. The average molecular weight is 547 g/mol. The van der Waals surface area contributed by atoms with Gasteiger partial charge >= 0.3 is 6.18 Å². The lowest BCUT2D eigenvalue weighted by molar-refractivity contribution is -0.139. The van der Waals surface area contributed by atoms with Crippen LogP contribution in [0, 0.1) is 0 Å². The van der Waals surface area contributed by atoms with Crippen molar-refractivity contribution in [2.45, 2.75) is 25.1 Å². The molecule has 208 valence electrons. The number of rotatable bonds is 8. The van der Waals surface area contributed by atoms with Gasteiger partial charge in [0, 0.05) is 23.9 Å². The Morgan fingerprint density at radius 3 is 2.49 bits per heavy atom. The molecule has 10 nitrogen and oxygen atoms in total. The SMILES string of the molecule is COc1ccc(N)c(Oc2nc(Nc3ccc(C(=O)NC4CCN(C)CC4)cc3OC)ncc2C(F)(F)F)c1. The zero-order chi connectivity index (χ0) is 28.2. The number of alkyl halides is 3. The highest BCUT2D eigenvalue weighted by Crippen LogP contribution is 2.39. The highest BCUT2D eigenvalue weighted by molar-refractivity contribution is 5.95. The summed E-state index contributed by atoms with van der Waals surface area (Å²) in [5.74, 6) is -0.651. The molecule has 0 radical (unpaired) electrons. The van der Waals surface area contributed by atoms with Gasteiger partial charge < -0.3 is 35.5 Å². The number of nitrogens with one attached hydrogen (secondary N) is 2. The third kappa shape index (κ3) is 6.79. The Balaban J connectivity index is 1.57. The molecule has 1 fully saturated rings. The Labute approximate surface area is 223 Å². The predicted molar refractivity (Wildman–Crippen MR) is 139 cm³/mol. The van der Waals surface area contributed by atoms with Gasteiger partial charge in [-0.2, -0.15) is 18.2 Å². The van der Waals surface area contributed by atoms with Crippen LogP contribution in [0.4, 0.5) is 30.5 Å². The number of halogens is 3. The zero-order valence-corrected chi connectivity index (χ0v) is 21.6. The number of nitrogen functional groups attached to an aromatic ring is 1. The summed E-state index contributed by atoms with van der Waals surface area (Å²) in [6, 6.07) is 9.09. The molecule has 1 amide bonds. The number of nitrogens with two attached hydrogens (primary N) is 1. The van der Waals surface area contributed by atoms with Crippen LogP contribution in [0.25, 0.3) is 0 Å². The lowest BCUT2D eigenvalue weighted by Crippen LogP contribution is -2.43. The molecule has 0 atom stereocenters. The van der Waals surface area contributed by atoms with Crippen molar-refractivity contribution >= 4 is 23.2 Å². The van der Waals surface area contributed by atoms with Gasteiger partial charge in [0.25, 0.3) is 5.91 Å². The van der Waals surface area contributed by atoms with Crippen molar-refractivity contribution in [1.29, 1.82) is 0 Å². The minimum atomic E-state index is -4.79. The number of ether oxygens (including phenoxy) is 3. The normalized spacial score (nSPS) is 14.5. The molecule has 0 saturated carbocycles. The molecule has 1 aliphatic rings. The van der Waals surface area contributed by atoms with Gasteiger partial charge in [-0.25, -0.2) is 4.98 Å². The Hall–Kier alpha value is -4.26. The largest absolute Gasteiger partial charge is 0.497 e. The summed E-state index contributed by atoms with van der Waals surface area (Å²) in [5, 5.41) is 5.86. The second-order valence-electron chi connectivity index (χ2n) is 9.01. The molecule has 1 aromatic heterocycles. The molecule has 2 aromatic carbocycles. The van der Waals surface area contributed by atoms with Crippen molar-refractivity contribution in [3.63, 3.8) is 0 Å². The summed E-state index contributed by atoms with van der Waals surface area (Å²) in [5.41, 5.74) is 5.49. The molecule has 3 aromatic rings. The molecule has 13 heteroatoms. The van der Waals surface area contributed by atoms with Gasteiger partial charge in [-0.3, -0.25) is 4.79 Å². The average Bonchev–Trinajstić information content (AvgIpc) is 2.91. The Morgan fingerprint density at radius 1 is 1.08 bits per heavy atom. The van der Waals surface area contributed by atoms with E-state index in [4.69, 9.17) is 19.9 Å². The number of aromatic nitrogens is 2. The van der Waals surface area contributed by atoms with Crippen molar-refractivity contribution in [2.24, 2.45) is 0 Å². The van der Waals surface area contributed by atoms with E-state index in [1.54, 1.807) is 18.2 Å². The summed E-state index contributed by atoms with van der Waals surface area (Å²) >= 11 is 0. The van der Waals surface area contributed by atoms with Gasteiger partial charge in [-0.1, -0.05) is 0 Å². The first-order chi connectivity index (χ1) is 18.6. The summed E-state index contributed by atoms with van der Waals surface area (Å²) in [4.78, 5) is 22.7. The van der Waals surface area contributed by atoms with Crippen molar-refractivity contribution < 1.29 is 32.2 Å². The number of benzene rings is 2. The highest BCUT2D eigenvalue weighted by Gasteiger charge is 2.37. The Morgan fingerprint density at radius 2 is 1.82 bits per heavy atom. The van der Waals surface area contributed by atoms with Gasteiger partial charge in [-0.05, 0) is 63.3 Å². The van der Waals surface area contributed by atoms with Crippen LogP contribution in [-0.4, -0.2) is 61.2 Å². The third-order valence-electron chi connectivity index (χ3n) is 6.25. The molecule has 39 heavy (non-hydrogen) atoms. The minimum Gasteiger partial charge on any atom is -0.497 e. The fraction of sp³-hybridized carbons (Fsp3) is 0.346. The number of hydrogen-bond acceptors (Lipinski definition) is 9. The van der Waals surface area contributed by atoms with E-state index in [9.17, 15) is 18.0 Å². The van der Waals surface area contributed by atoms with Crippen molar-refractivity contribution in [3.8, 4) is 23.1 Å². The number of carbonyl (C=O) groups excluding carboxylic acids is 1. The number of methoxy groups -OCH3 is 2. The van der Waals surface area contributed by atoms with Crippen LogP contribution in [0.1, 0.15) is 28.8 Å². The molecular formula is C26H29F3N6O4. The molecule has 0 aliphatic carbocycles. The van der Waals surface area contributed by atoms with Crippen LogP contribution in [0.5, 0.6) is 23.1 Å². The maximum absolute atomic E-state index is 13.7. The maximum Gasteiger partial charge on any atom is 0.423 e. The monoisotopic (exact) mass is 546 g/mol. The Bertz CT molecular complexity index is 1330. The van der Waals surface area contributed by atoms with Crippen LogP contribution >= 0.6 is 0 Å². The first-order valence-corrected chi connectivity index (χ1v) is 12.1. The molecule has 0 bridgehead atoms. The first-order valence-electron chi connectivity index (χ1n) is 12.1. The highest BCUT2D eigenvalue weighted by atomic mass is 19.4. The van der Waals surface area contributed by atoms with E-state index in [0.29, 0.717) is 23.2 Å². The summed E-state index contributed by atoms with van der Waals surface area (Å²) in [6.07, 6.45) is -2.47. The molecule has 4 rings (SSSR count). The second-order valence-corrected chi connectivity index (χ2v) is 9.01. The first kappa shape index (κ1) is 27.8. The molecule has 0 spiro atoms. The molecule has 4 N–H and O–H groups in total. The van der Waals surface area contributed by atoms with Crippen molar-refractivity contribution in [1.82, 2.24) is 20.2 Å². The molecule has 2 heterocycles. The predicted octanol–water partition coefficient (Wildman–Crippen LogP) is 4.45. The van der Waals surface area contributed by atoms with E-state index in [0.717, 1.165) is 25.9 Å². The maximum atomic E-state index is 13.7. The van der Waals surface area contributed by atoms with Crippen LogP contribution < -0.4 is 30.6 Å². The Kier molecular flexibility index (Phi) is 8.29. The van der Waals surface area contributed by atoms with Crippen molar-refractivity contribution in [2.75, 3.05) is 45.4 Å². The lowest BCUT2D eigenvalue weighted by atomic mass is 10.0. The van der Waals surface area contributed by atoms with Gasteiger partial charge in [-0.15, -0.1) is 0 Å². The zero-order valence-electron chi connectivity index (χ0n) is 21.6. The number of hydrogen-bond donors (Lipinski definition) is 3. The van der Waals surface area contributed by atoms with Gasteiger partial charge in [0.05, 0.1) is 25.6 Å². The topological polar surface area (TPSA) is 124 Å². The van der Waals surface area contributed by atoms with E-state index < -0.39 is 17.6 Å². The van der Waals surface area contributed by atoms with E-state index in [1.807, 2.05) is 7.05 Å². The van der Waals surface area contributed by atoms with Crippen molar-refractivity contribution in [3.05, 3.63) is 53.7 Å². The number of piperidine rings is 1.